The largest absolute Gasteiger partial charge is 0.530 e. The Labute approximate surface area is 83.9 Å². The summed E-state index contributed by atoms with van der Waals surface area (Å²) in [5.74, 6) is 0. The Bertz CT molecular complexity index is 271. The molecule has 0 unspecified atom stereocenters. The van der Waals surface area contributed by atoms with Crippen LogP contribution in [-0.2, 0) is 6.54 Å². The van der Waals surface area contributed by atoms with Crippen molar-refractivity contribution in [2.75, 3.05) is 0 Å². The molecule has 1 aromatic carbocycles. The molecule has 0 saturated carbocycles. The van der Waals surface area contributed by atoms with Crippen LogP contribution < -0.4 is 10.4 Å². The zero-order valence-electron chi connectivity index (χ0n) is 6.21. The summed E-state index contributed by atoms with van der Waals surface area (Å²) < 4.78 is 1.13. The molecule has 1 rings (SSSR count). The second-order valence-corrected chi connectivity index (χ2v) is 3.51. The fourth-order valence-corrected chi connectivity index (χ4v) is 1.14. The summed E-state index contributed by atoms with van der Waals surface area (Å²) in [4.78, 5) is 10.0. The summed E-state index contributed by atoms with van der Waals surface area (Å²) in [5, 5.41) is 12.2. The predicted octanol–water partition coefficient (Wildman–Crippen LogP) is 0.724. The fraction of sp³-hybridized carbons (Fsp3) is 0.125. The maximum Gasteiger partial charge on any atom is 0.134 e. The van der Waals surface area contributed by atoms with Crippen molar-refractivity contribution >= 4 is 28.7 Å². The normalized spacial score (nSPS) is 9.42. The summed E-state index contributed by atoms with van der Waals surface area (Å²) in [6.45, 7) is 0.305. The van der Waals surface area contributed by atoms with Gasteiger partial charge in [0.05, 0.1) is 0 Å². The number of carbonyl (C=O) groups is 1. The van der Waals surface area contributed by atoms with E-state index < -0.39 is 6.09 Å². The average Bonchev–Trinajstić information content (AvgIpc) is 2.03. The molecule has 0 fully saturated rings. The predicted molar refractivity (Wildman–Crippen MR) is 51.4 cm³/mol. The number of nitrogens with one attached hydrogen (secondary N) is 1. The van der Waals surface area contributed by atoms with E-state index in [1.54, 1.807) is 0 Å². The number of hydrogen-bond donors (Lipinski definition) is 1. The summed E-state index contributed by atoms with van der Waals surface area (Å²) in [6.07, 6.45) is -1.24. The minimum absolute atomic E-state index is 0.305. The topological polar surface area (TPSA) is 52.2 Å². The van der Waals surface area contributed by atoms with Gasteiger partial charge in [-0.15, -0.1) is 0 Å². The first-order valence-electron chi connectivity index (χ1n) is 3.38. The van der Waals surface area contributed by atoms with Crippen molar-refractivity contribution in [2.24, 2.45) is 0 Å². The van der Waals surface area contributed by atoms with Crippen molar-refractivity contribution in [3.63, 3.8) is 0 Å². The summed E-state index contributed by atoms with van der Waals surface area (Å²) in [7, 11) is 0. The first-order chi connectivity index (χ1) is 5.68. The van der Waals surface area contributed by atoms with Gasteiger partial charge in [-0.1, -0.05) is 12.1 Å². The minimum atomic E-state index is -1.24. The zero-order valence-corrected chi connectivity index (χ0v) is 8.37. The van der Waals surface area contributed by atoms with E-state index in [9.17, 15) is 9.90 Å². The first-order valence-corrected chi connectivity index (χ1v) is 4.45. The van der Waals surface area contributed by atoms with Crippen molar-refractivity contribution in [2.45, 2.75) is 6.54 Å². The Balaban J connectivity index is 2.53. The highest BCUT2D eigenvalue weighted by Gasteiger charge is 1.91. The number of hydrogen-bond acceptors (Lipinski definition) is 2. The van der Waals surface area contributed by atoms with Crippen LogP contribution in [0.3, 0.4) is 0 Å². The summed E-state index contributed by atoms with van der Waals surface area (Å²) in [5.41, 5.74) is 0.930. The van der Waals surface area contributed by atoms with E-state index >= 15 is 0 Å². The molecule has 0 aliphatic rings. The summed E-state index contributed by atoms with van der Waals surface area (Å²) >= 11 is 2.19. The molecule has 1 N–H and O–H groups in total. The third-order valence-electron chi connectivity index (χ3n) is 1.35. The van der Waals surface area contributed by atoms with E-state index in [0.29, 0.717) is 6.54 Å². The van der Waals surface area contributed by atoms with E-state index in [1.807, 2.05) is 24.3 Å². The molecule has 1 aromatic rings. The van der Waals surface area contributed by atoms with E-state index in [1.165, 1.54) is 0 Å². The number of carbonyl (C=O) groups excluding carboxylic acids is 1. The number of amides is 1. The number of halogens is 1. The maximum atomic E-state index is 10.0. The molecule has 1 amide bonds. The van der Waals surface area contributed by atoms with Crippen LogP contribution in [-0.4, -0.2) is 6.09 Å². The van der Waals surface area contributed by atoms with Gasteiger partial charge in [0, 0.05) is 10.1 Å². The van der Waals surface area contributed by atoms with Gasteiger partial charge >= 0.3 is 0 Å². The van der Waals surface area contributed by atoms with Gasteiger partial charge in [-0.25, -0.2) is 0 Å². The third kappa shape index (κ3) is 3.08. The number of carboxylic acid groups (broad SMARTS) is 1. The zero-order chi connectivity index (χ0) is 8.97. The van der Waals surface area contributed by atoms with Crippen LogP contribution in [0.1, 0.15) is 5.56 Å². The molecule has 0 aliphatic carbocycles. The van der Waals surface area contributed by atoms with Crippen molar-refractivity contribution in [3.05, 3.63) is 33.4 Å². The molecule has 0 atom stereocenters. The highest BCUT2D eigenvalue weighted by Crippen LogP contribution is 2.05. The lowest BCUT2D eigenvalue weighted by atomic mass is 10.2. The molecule has 0 saturated heterocycles. The Kier molecular flexibility index (Phi) is 3.33. The molecule has 0 aliphatic heterocycles. The van der Waals surface area contributed by atoms with Gasteiger partial charge in [-0.05, 0) is 40.3 Å². The Hall–Kier alpha value is -0.780. The molecular formula is C8H7INO2-. The molecular weight excluding hydrogens is 269 g/mol. The maximum absolute atomic E-state index is 10.0. The molecule has 12 heavy (non-hydrogen) atoms. The van der Waals surface area contributed by atoms with Gasteiger partial charge < -0.3 is 15.2 Å². The van der Waals surface area contributed by atoms with E-state index in [2.05, 4.69) is 27.9 Å². The molecule has 0 bridgehead atoms. The lowest BCUT2D eigenvalue weighted by Crippen LogP contribution is -2.35. The van der Waals surface area contributed by atoms with Crippen molar-refractivity contribution < 1.29 is 9.90 Å². The summed E-state index contributed by atoms with van der Waals surface area (Å²) in [6, 6.07) is 7.59. The van der Waals surface area contributed by atoms with Gasteiger partial charge in [0.2, 0.25) is 0 Å². The minimum Gasteiger partial charge on any atom is -0.530 e. The van der Waals surface area contributed by atoms with Gasteiger partial charge in [0.15, 0.2) is 0 Å². The molecule has 0 heterocycles. The van der Waals surface area contributed by atoms with Crippen LogP contribution in [0.2, 0.25) is 0 Å². The van der Waals surface area contributed by atoms with E-state index in [-0.39, 0.29) is 0 Å². The molecule has 4 heteroatoms. The SMILES string of the molecule is O=C([O-])NCc1ccc(I)cc1. The average molecular weight is 276 g/mol. The standard InChI is InChI=1S/C8H8INO2/c9-7-3-1-6(2-4-7)5-10-8(11)12/h1-4,10H,5H2,(H,11,12)/p-1. The highest BCUT2D eigenvalue weighted by molar-refractivity contribution is 14.1. The van der Waals surface area contributed by atoms with Gasteiger partial charge in [0.1, 0.15) is 6.09 Å². The van der Waals surface area contributed by atoms with Crippen molar-refractivity contribution in [1.82, 2.24) is 5.32 Å². The third-order valence-corrected chi connectivity index (χ3v) is 2.07. The fourth-order valence-electron chi connectivity index (χ4n) is 0.776. The first kappa shape index (κ1) is 9.31. The van der Waals surface area contributed by atoms with Crippen molar-refractivity contribution in [1.29, 1.82) is 0 Å². The van der Waals surface area contributed by atoms with E-state index in [0.717, 1.165) is 9.13 Å². The molecule has 64 valence electrons. The Morgan fingerprint density at radius 3 is 2.50 bits per heavy atom. The molecule has 3 nitrogen and oxygen atoms in total. The Morgan fingerprint density at radius 1 is 1.42 bits per heavy atom. The van der Waals surface area contributed by atoms with Crippen LogP contribution in [0, 0.1) is 3.57 Å². The van der Waals surface area contributed by atoms with Crippen LogP contribution in [0.5, 0.6) is 0 Å². The van der Waals surface area contributed by atoms with Crippen LogP contribution >= 0.6 is 22.6 Å². The number of rotatable bonds is 2. The van der Waals surface area contributed by atoms with Gasteiger partial charge in [-0.3, -0.25) is 0 Å². The van der Waals surface area contributed by atoms with Crippen LogP contribution in [0.4, 0.5) is 4.79 Å². The molecule has 0 radical (unpaired) electrons. The Morgan fingerprint density at radius 2 is 2.00 bits per heavy atom. The van der Waals surface area contributed by atoms with Crippen molar-refractivity contribution in [3.8, 4) is 0 Å². The number of benzene rings is 1. The van der Waals surface area contributed by atoms with Crippen LogP contribution in [0.25, 0.3) is 0 Å². The lowest BCUT2D eigenvalue weighted by Gasteiger charge is -2.05. The molecule has 0 spiro atoms. The molecule has 0 aromatic heterocycles. The second-order valence-electron chi connectivity index (χ2n) is 2.27. The van der Waals surface area contributed by atoms with Gasteiger partial charge in [0.25, 0.3) is 0 Å². The lowest BCUT2D eigenvalue weighted by molar-refractivity contribution is -0.251. The smallest absolute Gasteiger partial charge is 0.134 e. The quantitative estimate of drug-likeness (QED) is 0.809. The van der Waals surface area contributed by atoms with Crippen LogP contribution in [0.15, 0.2) is 24.3 Å². The highest BCUT2D eigenvalue weighted by atomic mass is 127. The second kappa shape index (κ2) is 4.30. The van der Waals surface area contributed by atoms with Gasteiger partial charge in [-0.2, -0.15) is 0 Å². The van der Waals surface area contributed by atoms with E-state index in [4.69, 9.17) is 0 Å². The monoisotopic (exact) mass is 276 g/mol.